The van der Waals surface area contributed by atoms with Gasteiger partial charge in [0, 0.05) is 39.4 Å². The average Bonchev–Trinajstić information content (AvgIpc) is 3.52. The third kappa shape index (κ3) is 9.17. The van der Waals surface area contributed by atoms with Crippen LogP contribution >= 0.6 is 0 Å². The number of hydrogen-bond acceptors (Lipinski definition) is 4. The SMILES string of the molecule is CCOCCCNC(=NCc1ccc(C)cc1OCC1CC1)NCC(=O)N(C)C. The van der Waals surface area contributed by atoms with Crippen LogP contribution in [0.1, 0.15) is 37.3 Å². The monoisotopic (exact) mass is 404 g/mol. The normalized spacial score (nSPS) is 13.9. The summed E-state index contributed by atoms with van der Waals surface area (Å²) in [6.07, 6.45) is 3.40. The van der Waals surface area contributed by atoms with Crippen molar-refractivity contribution >= 4 is 11.9 Å². The molecule has 1 aromatic carbocycles. The molecule has 29 heavy (non-hydrogen) atoms. The number of hydrogen-bond donors (Lipinski definition) is 2. The van der Waals surface area contributed by atoms with Gasteiger partial charge < -0.3 is 25.0 Å². The van der Waals surface area contributed by atoms with Crippen molar-refractivity contribution in [2.75, 3.05) is 47.0 Å². The van der Waals surface area contributed by atoms with Crippen LogP contribution in [-0.2, 0) is 16.1 Å². The molecule has 1 aromatic rings. The fraction of sp³-hybridized carbons (Fsp3) is 0.636. The van der Waals surface area contributed by atoms with Crippen molar-refractivity contribution in [3.8, 4) is 5.75 Å². The number of carbonyl (C=O) groups excluding carboxylic acids is 1. The predicted molar refractivity (Wildman–Crippen MR) is 116 cm³/mol. The second kappa shape index (κ2) is 12.3. The van der Waals surface area contributed by atoms with E-state index in [1.54, 1.807) is 19.0 Å². The standard InChI is InChI=1S/C22H36N4O3/c1-5-28-12-6-11-23-22(25-15-21(27)26(3)4)24-14-19-10-7-17(2)13-20(19)29-16-18-8-9-18/h7,10,13,18H,5-6,8-9,11-12,14-16H2,1-4H3,(H2,23,24,25). The molecule has 0 aromatic heterocycles. The number of amides is 1. The van der Waals surface area contributed by atoms with Crippen LogP contribution in [0.25, 0.3) is 0 Å². The molecule has 2 rings (SSSR count). The van der Waals surface area contributed by atoms with Crippen molar-refractivity contribution in [2.24, 2.45) is 10.9 Å². The predicted octanol–water partition coefficient (Wildman–Crippen LogP) is 2.33. The van der Waals surface area contributed by atoms with Crippen molar-refractivity contribution in [1.29, 1.82) is 0 Å². The maximum atomic E-state index is 11.9. The Morgan fingerprint density at radius 1 is 1.28 bits per heavy atom. The van der Waals surface area contributed by atoms with Gasteiger partial charge in [-0.25, -0.2) is 4.99 Å². The van der Waals surface area contributed by atoms with E-state index in [4.69, 9.17) is 9.47 Å². The quantitative estimate of drug-likeness (QED) is 0.318. The number of carbonyl (C=O) groups is 1. The van der Waals surface area contributed by atoms with Crippen molar-refractivity contribution in [3.05, 3.63) is 29.3 Å². The zero-order chi connectivity index (χ0) is 21.1. The fourth-order valence-corrected chi connectivity index (χ4v) is 2.60. The van der Waals surface area contributed by atoms with Crippen LogP contribution in [0.5, 0.6) is 5.75 Å². The van der Waals surface area contributed by atoms with E-state index in [0.717, 1.165) is 30.9 Å². The second-order valence-corrected chi connectivity index (χ2v) is 7.65. The highest BCUT2D eigenvalue weighted by Gasteiger charge is 2.22. The lowest BCUT2D eigenvalue weighted by Gasteiger charge is -2.16. The molecule has 0 unspecified atom stereocenters. The number of likely N-dealkylation sites (N-methyl/N-ethyl adjacent to an activating group) is 1. The minimum Gasteiger partial charge on any atom is -0.493 e. The van der Waals surface area contributed by atoms with Gasteiger partial charge in [0.15, 0.2) is 5.96 Å². The maximum Gasteiger partial charge on any atom is 0.241 e. The van der Waals surface area contributed by atoms with E-state index >= 15 is 0 Å². The average molecular weight is 405 g/mol. The molecule has 2 N–H and O–H groups in total. The number of ether oxygens (including phenoxy) is 2. The second-order valence-electron chi connectivity index (χ2n) is 7.65. The summed E-state index contributed by atoms with van der Waals surface area (Å²) in [6, 6.07) is 6.22. The maximum absolute atomic E-state index is 11.9. The number of nitrogens with one attached hydrogen (secondary N) is 2. The van der Waals surface area contributed by atoms with Crippen molar-refractivity contribution in [1.82, 2.24) is 15.5 Å². The van der Waals surface area contributed by atoms with Gasteiger partial charge in [0.05, 0.1) is 19.7 Å². The molecule has 1 aliphatic carbocycles. The topological polar surface area (TPSA) is 75.2 Å². The molecule has 0 heterocycles. The Labute approximate surface area is 174 Å². The van der Waals surface area contributed by atoms with Crippen LogP contribution in [0.15, 0.2) is 23.2 Å². The number of rotatable bonds is 12. The Morgan fingerprint density at radius 3 is 2.76 bits per heavy atom. The molecule has 162 valence electrons. The summed E-state index contributed by atoms with van der Waals surface area (Å²) < 4.78 is 11.4. The molecule has 1 saturated carbocycles. The first kappa shape index (κ1) is 23.0. The Bertz CT molecular complexity index is 672. The number of benzene rings is 1. The summed E-state index contributed by atoms with van der Waals surface area (Å²) in [6.45, 7) is 7.65. The number of nitrogens with zero attached hydrogens (tertiary/aromatic N) is 2. The summed E-state index contributed by atoms with van der Waals surface area (Å²) in [5, 5.41) is 6.40. The summed E-state index contributed by atoms with van der Waals surface area (Å²) in [4.78, 5) is 18.2. The molecule has 1 amide bonds. The molecule has 0 saturated heterocycles. The molecule has 0 bridgehead atoms. The molecule has 0 aliphatic heterocycles. The zero-order valence-corrected chi connectivity index (χ0v) is 18.3. The van der Waals surface area contributed by atoms with Crippen LogP contribution in [0.2, 0.25) is 0 Å². The summed E-state index contributed by atoms with van der Waals surface area (Å²) in [7, 11) is 3.48. The van der Waals surface area contributed by atoms with Crippen molar-refractivity contribution in [2.45, 2.75) is 39.7 Å². The Balaban J connectivity index is 1.98. The van der Waals surface area contributed by atoms with E-state index in [2.05, 4.69) is 40.7 Å². The molecule has 7 nitrogen and oxygen atoms in total. The van der Waals surface area contributed by atoms with Crippen LogP contribution in [0, 0.1) is 12.8 Å². The van der Waals surface area contributed by atoms with Gasteiger partial charge in [-0.2, -0.15) is 0 Å². The lowest BCUT2D eigenvalue weighted by molar-refractivity contribution is -0.127. The van der Waals surface area contributed by atoms with Crippen LogP contribution in [-0.4, -0.2) is 63.8 Å². The fourth-order valence-electron chi connectivity index (χ4n) is 2.60. The number of aliphatic imine (C=N–C) groups is 1. The third-order valence-corrected chi connectivity index (χ3v) is 4.67. The molecule has 0 spiro atoms. The van der Waals surface area contributed by atoms with Crippen LogP contribution in [0.3, 0.4) is 0 Å². The van der Waals surface area contributed by atoms with Gasteiger partial charge in [0.1, 0.15) is 5.75 Å². The van der Waals surface area contributed by atoms with E-state index in [1.165, 1.54) is 18.4 Å². The Morgan fingerprint density at radius 2 is 2.07 bits per heavy atom. The van der Waals surface area contributed by atoms with Gasteiger partial charge in [0.25, 0.3) is 0 Å². The minimum absolute atomic E-state index is 0.00221. The number of aryl methyl sites for hydroxylation is 1. The Hall–Kier alpha value is -2.28. The van der Waals surface area contributed by atoms with Crippen LogP contribution < -0.4 is 15.4 Å². The van der Waals surface area contributed by atoms with Gasteiger partial charge in [-0.05, 0) is 50.7 Å². The summed E-state index contributed by atoms with van der Waals surface area (Å²) in [5.74, 6) is 2.22. The van der Waals surface area contributed by atoms with E-state index < -0.39 is 0 Å². The van der Waals surface area contributed by atoms with E-state index in [9.17, 15) is 4.79 Å². The van der Waals surface area contributed by atoms with E-state index in [-0.39, 0.29) is 12.5 Å². The largest absolute Gasteiger partial charge is 0.493 e. The van der Waals surface area contributed by atoms with Gasteiger partial charge in [-0.1, -0.05) is 12.1 Å². The highest BCUT2D eigenvalue weighted by molar-refractivity contribution is 5.86. The highest BCUT2D eigenvalue weighted by atomic mass is 16.5. The van der Waals surface area contributed by atoms with Crippen molar-refractivity contribution < 1.29 is 14.3 Å². The van der Waals surface area contributed by atoms with E-state index in [1.807, 2.05) is 6.92 Å². The molecular weight excluding hydrogens is 368 g/mol. The Kier molecular flexibility index (Phi) is 9.77. The first-order valence-electron chi connectivity index (χ1n) is 10.5. The third-order valence-electron chi connectivity index (χ3n) is 4.67. The van der Waals surface area contributed by atoms with Gasteiger partial charge in [-0.15, -0.1) is 0 Å². The lowest BCUT2D eigenvalue weighted by Crippen LogP contribution is -2.43. The van der Waals surface area contributed by atoms with E-state index in [0.29, 0.717) is 31.6 Å². The summed E-state index contributed by atoms with van der Waals surface area (Å²) in [5.41, 5.74) is 2.22. The molecule has 0 radical (unpaired) electrons. The highest BCUT2D eigenvalue weighted by Crippen LogP contribution is 2.30. The van der Waals surface area contributed by atoms with Crippen molar-refractivity contribution in [3.63, 3.8) is 0 Å². The first-order chi connectivity index (χ1) is 14.0. The lowest BCUT2D eigenvalue weighted by atomic mass is 10.1. The molecule has 0 atom stereocenters. The first-order valence-corrected chi connectivity index (χ1v) is 10.5. The molecule has 1 aliphatic rings. The summed E-state index contributed by atoms with van der Waals surface area (Å²) >= 11 is 0. The number of guanidine groups is 1. The molecule has 1 fully saturated rings. The van der Waals surface area contributed by atoms with Gasteiger partial charge in [-0.3, -0.25) is 4.79 Å². The molecule has 7 heteroatoms. The smallest absolute Gasteiger partial charge is 0.241 e. The van der Waals surface area contributed by atoms with Gasteiger partial charge >= 0.3 is 0 Å². The van der Waals surface area contributed by atoms with Gasteiger partial charge in [0.2, 0.25) is 5.91 Å². The zero-order valence-electron chi connectivity index (χ0n) is 18.3. The minimum atomic E-state index is -0.00221. The van der Waals surface area contributed by atoms with Crippen LogP contribution in [0.4, 0.5) is 0 Å². The molecular formula is C22H36N4O3.